The molecule has 1 aliphatic carbocycles. The third-order valence-electron chi connectivity index (χ3n) is 2.51. The van der Waals surface area contributed by atoms with Crippen LogP contribution in [0.5, 0.6) is 0 Å². The lowest BCUT2D eigenvalue weighted by atomic mass is 10.2. The van der Waals surface area contributed by atoms with E-state index in [1.165, 1.54) is 0 Å². The largest absolute Gasteiger partial charge is 0.335 e. The van der Waals surface area contributed by atoms with Crippen molar-refractivity contribution in [1.82, 2.24) is 10.2 Å². The number of rotatable bonds is 5. The van der Waals surface area contributed by atoms with Gasteiger partial charge in [-0.25, -0.2) is 4.79 Å². The second-order valence-electron chi connectivity index (χ2n) is 4.10. The fraction of sp³-hybridized carbons (Fsp3) is 0.900. The maximum atomic E-state index is 11.7. The zero-order valence-electron chi connectivity index (χ0n) is 9.12. The van der Waals surface area contributed by atoms with Gasteiger partial charge in [0, 0.05) is 19.1 Å². The summed E-state index contributed by atoms with van der Waals surface area (Å²) in [5.41, 5.74) is 5.53. The molecule has 2 amide bonds. The van der Waals surface area contributed by atoms with E-state index in [2.05, 4.69) is 12.2 Å². The van der Waals surface area contributed by atoms with Gasteiger partial charge in [-0.05, 0) is 32.2 Å². The minimum Gasteiger partial charge on any atom is -0.335 e. The molecule has 0 aromatic carbocycles. The van der Waals surface area contributed by atoms with Crippen LogP contribution in [0.25, 0.3) is 0 Å². The van der Waals surface area contributed by atoms with Gasteiger partial charge >= 0.3 is 6.03 Å². The Labute approximate surface area is 85.8 Å². The number of hydrogen-bond donors (Lipinski definition) is 2. The van der Waals surface area contributed by atoms with Crippen LogP contribution in [-0.2, 0) is 0 Å². The maximum absolute atomic E-state index is 11.7. The van der Waals surface area contributed by atoms with Gasteiger partial charge in [-0.1, -0.05) is 6.92 Å². The van der Waals surface area contributed by atoms with Crippen LogP contribution in [0.2, 0.25) is 0 Å². The predicted octanol–water partition coefficient (Wildman–Crippen LogP) is 0.775. The molecule has 1 fully saturated rings. The Hall–Kier alpha value is -0.770. The van der Waals surface area contributed by atoms with E-state index in [0.29, 0.717) is 18.5 Å². The molecular formula is C10H21N3O. The van der Waals surface area contributed by atoms with Gasteiger partial charge in [0.25, 0.3) is 0 Å². The van der Waals surface area contributed by atoms with Gasteiger partial charge in [0.2, 0.25) is 0 Å². The summed E-state index contributed by atoms with van der Waals surface area (Å²) >= 11 is 0. The standard InChI is InChI=1S/C10H21N3O/c1-3-13(7-8(2)6-11)10(14)12-9-4-5-9/h8-9H,3-7,11H2,1-2H3,(H,12,14). The van der Waals surface area contributed by atoms with Crippen molar-refractivity contribution in [3.63, 3.8) is 0 Å². The fourth-order valence-electron chi connectivity index (χ4n) is 1.30. The molecule has 0 saturated heterocycles. The Morgan fingerprint density at radius 3 is 2.71 bits per heavy atom. The van der Waals surface area contributed by atoms with Crippen LogP contribution in [-0.4, -0.2) is 36.6 Å². The fourth-order valence-corrected chi connectivity index (χ4v) is 1.30. The first-order chi connectivity index (χ1) is 6.67. The van der Waals surface area contributed by atoms with E-state index in [1.807, 2.05) is 11.8 Å². The molecule has 1 rings (SSSR count). The Bertz CT molecular complexity index is 192. The Morgan fingerprint density at radius 2 is 2.29 bits per heavy atom. The lowest BCUT2D eigenvalue weighted by molar-refractivity contribution is 0.192. The van der Waals surface area contributed by atoms with Crippen LogP contribution in [0.1, 0.15) is 26.7 Å². The third kappa shape index (κ3) is 3.54. The smallest absolute Gasteiger partial charge is 0.317 e. The van der Waals surface area contributed by atoms with Gasteiger partial charge < -0.3 is 16.0 Å². The molecular weight excluding hydrogens is 178 g/mol. The summed E-state index contributed by atoms with van der Waals surface area (Å²) in [6.07, 6.45) is 2.27. The molecule has 1 unspecified atom stereocenters. The van der Waals surface area contributed by atoms with Crippen LogP contribution in [0.4, 0.5) is 4.79 Å². The molecule has 0 aromatic rings. The first-order valence-corrected chi connectivity index (χ1v) is 5.42. The number of hydrogen-bond acceptors (Lipinski definition) is 2. The van der Waals surface area contributed by atoms with E-state index in [-0.39, 0.29) is 6.03 Å². The monoisotopic (exact) mass is 199 g/mol. The topological polar surface area (TPSA) is 58.4 Å². The average molecular weight is 199 g/mol. The van der Waals surface area contributed by atoms with Crippen LogP contribution in [0.3, 0.4) is 0 Å². The molecule has 1 saturated carbocycles. The van der Waals surface area contributed by atoms with Gasteiger partial charge in [-0.3, -0.25) is 0 Å². The highest BCUT2D eigenvalue weighted by molar-refractivity contribution is 5.74. The molecule has 0 radical (unpaired) electrons. The maximum Gasteiger partial charge on any atom is 0.317 e. The van der Waals surface area contributed by atoms with Crippen LogP contribution in [0, 0.1) is 5.92 Å². The van der Waals surface area contributed by atoms with Crippen molar-refractivity contribution in [2.24, 2.45) is 11.7 Å². The Kier molecular flexibility index (Phi) is 4.20. The SMILES string of the molecule is CCN(CC(C)CN)C(=O)NC1CC1. The number of carbonyl (C=O) groups is 1. The summed E-state index contributed by atoms with van der Waals surface area (Å²) < 4.78 is 0. The number of urea groups is 1. The lowest BCUT2D eigenvalue weighted by Crippen LogP contribution is -2.43. The quantitative estimate of drug-likeness (QED) is 0.687. The van der Waals surface area contributed by atoms with E-state index >= 15 is 0 Å². The highest BCUT2D eigenvalue weighted by Crippen LogP contribution is 2.18. The molecule has 1 atom stereocenters. The first kappa shape index (κ1) is 11.3. The van der Waals surface area contributed by atoms with E-state index in [4.69, 9.17) is 5.73 Å². The summed E-state index contributed by atoms with van der Waals surface area (Å²) in [5, 5.41) is 2.98. The molecule has 0 bridgehead atoms. The van der Waals surface area contributed by atoms with Crippen molar-refractivity contribution in [3.8, 4) is 0 Å². The van der Waals surface area contributed by atoms with Gasteiger partial charge in [0.15, 0.2) is 0 Å². The van der Waals surface area contributed by atoms with Crippen molar-refractivity contribution in [1.29, 1.82) is 0 Å². The Morgan fingerprint density at radius 1 is 1.64 bits per heavy atom. The third-order valence-corrected chi connectivity index (χ3v) is 2.51. The van der Waals surface area contributed by atoms with E-state index < -0.39 is 0 Å². The molecule has 0 heterocycles. The van der Waals surface area contributed by atoms with Gasteiger partial charge in [-0.2, -0.15) is 0 Å². The molecule has 1 aliphatic rings. The number of carbonyl (C=O) groups excluding carboxylic acids is 1. The summed E-state index contributed by atoms with van der Waals surface area (Å²) in [6, 6.07) is 0.500. The summed E-state index contributed by atoms with van der Waals surface area (Å²) in [5.74, 6) is 0.375. The summed E-state index contributed by atoms with van der Waals surface area (Å²) in [4.78, 5) is 13.5. The molecule has 14 heavy (non-hydrogen) atoms. The van der Waals surface area contributed by atoms with Crippen molar-refractivity contribution >= 4 is 6.03 Å². The minimum absolute atomic E-state index is 0.0651. The van der Waals surface area contributed by atoms with Crippen molar-refractivity contribution < 1.29 is 4.79 Å². The van der Waals surface area contributed by atoms with Crippen molar-refractivity contribution in [2.75, 3.05) is 19.6 Å². The summed E-state index contributed by atoms with van der Waals surface area (Å²) in [6.45, 7) is 6.20. The normalized spacial score (nSPS) is 17.6. The van der Waals surface area contributed by atoms with E-state index in [0.717, 1.165) is 25.9 Å². The Balaban J connectivity index is 2.30. The first-order valence-electron chi connectivity index (χ1n) is 5.42. The molecule has 4 nitrogen and oxygen atoms in total. The second-order valence-corrected chi connectivity index (χ2v) is 4.10. The zero-order valence-corrected chi connectivity index (χ0v) is 9.12. The lowest BCUT2D eigenvalue weighted by Gasteiger charge is -2.24. The van der Waals surface area contributed by atoms with Crippen molar-refractivity contribution in [2.45, 2.75) is 32.7 Å². The summed E-state index contributed by atoms with van der Waals surface area (Å²) in [7, 11) is 0. The van der Waals surface area contributed by atoms with E-state index in [9.17, 15) is 4.79 Å². The van der Waals surface area contributed by atoms with Gasteiger partial charge in [-0.15, -0.1) is 0 Å². The highest BCUT2D eigenvalue weighted by Gasteiger charge is 2.25. The highest BCUT2D eigenvalue weighted by atomic mass is 16.2. The molecule has 3 N–H and O–H groups in total. The number of nitrogens with one attached hydrogen (secondary N) is 1. The number of nitrogens with zero attached hydrogens (tertiary/aromatic N) is 1. The van der Waals surface area contributed by atoms with Crippen LogP contribution >= 0.6 is 0 Å². The van der Waals surface area contributed by atoms with Crippen molar-refractivity contribution in [3.05, 3.63) is 0 Å². The number of amides is 2. The zero-order chi connectivity index (χ0) is 10.6. The molecule has 0 aromatic heterocycles. The predicted molar refractivity (Wildman–Crippen MR) is 57.0 cm³/mol. The molecule has 0 spiro atoms. The second kappa shape index (κ2) is 5.20. The van der Waals surface area contributed by atoms with Crippen LogP contribution in [0.15, 0.2) is 0 Å². The molecule has 0 aliphatic heterocycles. The number of nitrogens with two attached hydrogens (primary N) is 1. The molecule has 82 valence electrons. The van der Waals surface area contributed by atoms with Crippen LogP contribution < -0.4 is 11.1 Å². The van der Waals surface area contributed by atoms with Gasteiger partial charge in [0.05, 0.1) is 0 Å². The van der Waals surface area contributed by atoms with Gasteiger partial charge in [0.1, 0.15) is 0 Å². The average Bonchev–Trinajstić information content (AvgIpc) is 2.97. The minimum atomic E-state index is 0.0651. The van der Waals surface area contributed by atoms with E-state index in [1.54, 1.807) is 0 Å². The molecule has 4 heteroatoms.